The van der Waals surface area contributed by atoms with E-state index in [-0.39, 0.29) is 24.5 Å². The van der Waals surface area contributed by atoms with E-state index in [1.807, 2.05) is 60.0 Å². The van der Waals surface area contributed by atoms with Crippen molar-refractivity contribution in [1.82, 2.24) is 9.97 Å². The summed E-state index contributed by atoms with van der Waals surface area (Å²) in [5.74, 6) is -0.224. The maximum atomic E-state index is 12.3. The molecule has 2 heterocycles. The first-order valence-corrected chi connectivity index (χ1v) is 10.4. The van der Waals surface area contributed by atoms with Gasteiger partial charge in [-0.25, -0.2) is 4.98 Å². The Kier molecular flexibility index (Phi) is 6.06. The van der Waals surface area contributed by atoms with E-state index in [4.69, 9.17) is 4.98 Å². The van der Waals surface area contributed by atoms with Crippen LogP contribution >= 0.6 is 11.3 Å². The molecule has 4 aromatic rings. The lowest BCUT2D eigenvalue weighted by Gasteiger charge is -2.07. The van der Waals surface area contributed by atoms with E-state index in [1.54, 1.807) is 35.9 Å². The molecule has 0 atom stereocenters. The van der Waals surface area contributed by atoms with Crippen molar-refractivity contribution in [3.05, 3.63) is 90.1 Å². The Labute approximate surface area is 178 Å². The number of carbonyl (C=O) groups excluding carboxylic acids is 2. The van der Waals surface area contributed by atoms with Crippen LogP contribution in [0, 0.1) is 0 Å². The summed E-state index contributed by atoms with van der Waals surface area (Å²) in [4.78, 5) is 33.2. The van der Waals surface area contributed by atoms with Crippen molar-refractivity contribution in [1.29, 1.82) is 0 Å². The number of benzene rings is 2. The van der Waals surface area contributed by atoms with Crippen LogP contribution in [0.25, 0.3) is 21.8 Å². The molecule has 1 amide bonds. The van der Waals surface area contributed by atoms with Crippen LogP contribution in [0.3, 0.4) is 0 Å². The summed E-state index contributed by atoms with van der Waals surface area (Å²) >= 11 is 1.56. The van der Waals surface area contributed by atoms with E-state index in [0.717, 1.165) is 21.8 Å². The predicted molar refractivity (Wildman–Crippen MR) is 119 cm³/mol. The van der Waals surface area contributed by atoms with Gasteiger partial charge >= 0.3 is 0 Å². The fourth-order valence-electron chi connectivity index (χ4n) is 3.01. The van der Waals surface area contributed by atoms with Crippen LogP contribution in [0.1, 0.15) is 23.2 Å². The minimum atomic E-state index is -0.188. The lowest BCUT2D eigenvalue weighted by atomic mass is 10.1. The number of nitrogens with zero attached hydrogens (tertiary/aromatic N) is 2. The summed E-state index contributed by atoms with van der Waals surface area (Å²) in [6.45, 7) is 0. The minimum absolute atomic E-state index is 0.0365. The van der Waals surface area contributed by atoms with Crippen LogP contribution in [0.15, 0.2) is 84.5 Å². The highest BCUT2D eigenvalue weighted by Gasteiger charge is 2.11. The van der Waals surface area contributed by atoms with Gasteiger partial charge in [0.25, 0.3) is 0 Å². The quantitative estimate of drug-likeness (QED) is 0.408. The first-order chi connectivity index (χ1) is 14.7. The molecule has 148 valence electrons. The molecule has 0 aliphatic rings. The predicted octanol–water partition coefficient (Wildman–Crippen LogP) is 5.47. The first kappa shape index (κ1) is 19.7. The van der Waals surface area contributed by atoms with Crippen molar-refractivity contribution >= 4 is 28.7 Å². The van der Waals surface area contributed by atoms with Crippen LogP contribution in [0.2, 0.25) is 0 Å². The van der Waals surface area contributed by atoms with Gasteiger partial charge in [-0.05, 0) is 24.3 Å². The van der Waals surface area contributed by atoms with Crippen molar-refractivity contribution in [3.63, 3.8) is 0 Å². The molecular weight excluding hydrogens is 394 g/mol. The fraction of sp³-hybridized carbons (Fsp3) is 0.0833. The second-order valence-corrected chi connectivity index (χ2v) is 7.55. The third-order valence-electron chi connectivity index (χ3n) is 4.55. The van der Waals surface area contributed by atoms with Gasteiger partial charge in [0.2, 0.25) is 5.91 Å². The zero-order chi connectivity index (χ0) is 20.8. The number of rotatable bonds is 7. The molecule has 6 heteroatoms. The highest BCUT2D eigenvalue weighted by Crippen LogP contribution is 2.29. The lowest BCUT2D eigenvalue weighted by molar-refractivity contribution is -0.116. The molecule has 5 nitrogen and oxygen atoms in total. The van der Waals surface area contributed by atoms with Gasteiger partial charge in [-0.15, -0.1) is 11.3 Å². The number of carbonyl (C=O) groups is 2. The van der Waals surface area contributed by atoms with Crippen molar-refractivity contribution in [2.75, 3.05) is 5.32 Å². The molecule has 0 fully saturated rings. The Morgan fingerprint density at radius 1 is 0.867 bits per heavy atom. The Balaban J connectivity index is 1.39. The highest BCUT2D eigenvalue weighted by molar-refractivity contribution is 7.13. The summed E-state index contributed by atoms with van der Waals surface area (Å²) in [6, 6.07) is 20.4. The minimum Gasteiger partial charge on any atom is -0.326 e. The largest absolute Gasteiger partial charge is 0.326 e. The summed E-state index contributed by atoms with van der Waals surface area (Å²) < 4.78 is 0. The molecule has 0 aliphatic heterocycles. The maximum Gasteiger partial charge on any atom is 0.224 e. The molecule has 1 N–H and O–H groups in total. The zero-order valence-corrected chi connectivity index (χ0v) is 16.9. The van der Waals surface area contributed by atoms with Gasteiger partial charge in [-0.3, -0.25) is 14.6 Å². The number of hydrogen-bond acceptors (Lipinski definition) is 5. The van der Waals surface area contributed by atoms with Gasteiger partial charge in [-0.1, -0.05) is 42.5 Å². The smallest absolute Gasteiger partial charge is 0.224 e. The van der Waals surface area contributed by atoms with Crippen LogP contribution in [-0.4, -0.2) is 21.7 Å². The maximum absolute atomic E-state index is 12.3. The highest BCUT2D eigenvalue weighted by atomic mass is 32.1. The van der Waals surface area contributed by atoms with Crippen molar-refractivity contribution in [3.8, 4) is 21.8 Å². The molecule has 0 aliphatic carbocycles. The molecule has 0 unspecified atom stereocenters. The summed E-state index contributed by atoms with van der Waals surface area (Å²) in [5.41, 5.74) is 4.10. The third-order valence-corrected chi connectivity index (χ3v) is 5.44. The van der Waals surface area contributed by atoms with Crippen LogP contribution in [-0.2, 0) is 4.79 Å². The first-order valence-electron chi connectivity index (χ1n) is 9.53. The van der Waals surface area contributed by atoms with E-state index >= 15 is 0 Å². The fourth-order valence-corrected chi connectivity index (χ4v) is 3.84. The van der Waals surface area contributed by atoms with Crippen LogP contribution < -0.4 is 5.32 Å². The summed E-state index contributed by atoms with van der Waals surface area (Å²) in [7, 11) is 0. The van der Waals surface area contributed by atoms with Crippen molar-refractivity contribution < 1.29 is 9.59 Å². The molecular formula is C24H19N3O2S. The van der Waals surface area contributed by atoms with Gasteiger partial charge < -0.3 is 5.32 Å². The SMILES string of the molecule is O=C(CCC(=O)c1ccccc1)Nc1cccc(-c2csc(-c3ccncc3)n2)c1. The van der Waals surface area contributed by atoms with Crippen molar-refractivity contribution in [2.45, 2.75) is 12.8 Å². The topological polar surface area (TPSA) is 72.0 Å². The Hall–Kier alpha value is -3.64. The average Bonchev–Trinajstić information content (AvgIpc) is 3.29. The Morgan fingerprint density at radius 3 is 2.47 bits per heavy atom. The van der Waals surface area contributed by atoms with E-state index in [9.17, 15) is 9.59 Å². The molecule has 0 radical (unpaired) electrons. The Bertz CT molecular complexity index is 1160. The van der Waals surface area contributed by atoms with Gasteiger partial charge in [-0.2, -0.15) is 0 Å². The molecule has 0 saturated carbocycles. The summed E-state index contributed by atoms with van der Waals surface area (Å²) in [5, 5.41) is 5.79. The van der Waals surface area contributed by atoms with E-state index in [1.165, 1.54) is 0 Å². The molecule has 4 rings (SSSR count). The standard InChI is InChI=1S/C24H19N3O2S/c28-22(17-5-2-1-3-6-17)9-10-23(29)26-20-8-4-7-19(15-20)21-16-30-24(27-21)18-11-13-25-14-12-18/h1-8,11-16H,9-10H2,(H,26,29). The number of pyridine rings is 1. The number of Topliss-reactive ketones (excluding diaryl/α,β-unsaturated/α-hetero) is 1. The Morgan fingerprint density at radius 2 is 1.67 bits per heavy atom. The number of ketones is 1. The molecule has 0 bridgehead atoms. The van der Waals surface area contributed by atoms with E-state index in [2.05, 4.69) is 10.3 Å². The molecule has 30 heavy (non-hydrogen) atoms. The molecule has 0 saturated heterocycles. The van der Waals surface area contributed by atoms with Gasteiger partial charge in [0, 0.05) is 53.0 Å². The van der Waals surface area contributed by atoms with Crippen LogP contribution in [0.4, 0.5) is 5.69 Å². The average molecular weight is 414 g/mol. The molecule has 2 aromatic heterocycles. The molecule has 0 spiro atoms. The van der Waals surface area contributed by atoms with Gasteiger partial charge in [0.1, 0.15) is 5.01 Å². The number of thiazole rings is 1. The monoisotopic (exact) mass is 413 g/mol. The zero-order valence-electron chi connectivity index (χ0n) is 16.1. The van der Waals surface area contributed by atoms with Gasteiger partial charge in [0.15, 0.2) is 5.78 Å². The number of hydrogen-bond donors (Lipinski definition) is 1. The number of nitrogens with one attached hydrogen (secondary N) is 1. The third kappa shape index (κ3) is 4.85. The van der Waals surface area contributed by atoms with Gasteiger partial charge in [0.05, 0.1) is 5.69 Å². The second-order valence-electron chi connectivity index (χ2n) is 6.69. The molecule has 2 aromatic carbocycles. The number of anilines is 1. The number of aromatic nitrogens is 2. The van der Waals surface area contributed by atoms with E-state index < -0.39 is 0 Å². The van der Waals surface area contributed by atoms with Crippen LogP contribution in [0.5, 0.6) is 0 Å². The second kappa shape index (κ2) is 9.24. The normalized spacial score (nSPS) is 10.5. The van der Waals surface area contributed by atoms with E-state index in [0.29, 0.717) is 11.3 Å². The number of amides is 1. The van der Waals surface area contributed by atoms with Crippen molar-refractivity contribution in [2.24, 2.45) is 0 Å². The lowest BCUT2D eigenvalue weighted by Crippen LogP contribution is -2.13. The summed E-state index contributed by atoms with van der Waals surface area (Å²) in [6.07, 6.45) is 3.81.